The minimum atomic E-state index is -0.528. The number of esters is 1. The number of nitro benzene ring substituents is 1. The molecule has 0 spiro atoms. The summed E-state index contributed by atoms with van der Waals surface area (Å²) in [6.45, 7) is 3.52. The fourth-order valence-corrected chi connectivity index (χ4v) is 2.17. The highest BCUT2D eigenvalue weighted by molar-refractivity contribution is 6.06. The Bertz CT molecular complexity index is 784. The standard InChI is InChI=1S/C17H16N2O5/c1-3-24-17(21)12-7-9-13(10-8-12)18-16(20)14-5-4-6-15(11(14)2)19(22)23/h4-10H,3H2,1-2H3,(H,18,20). The second kappa shape index (κ2) is 7.36. The second-order valence-corrected chi connectivity index (χ2v) is 4.96. The highest BCUT2D eigenvalue weighted by Crippen LogP contribution is 2.22. The average molecular weight is 328 g/mol. The number of nitrogens with one attached hydrogen (secondary N) is 1. The van der Waals surface area contributed by atoms with Gasteiger partial charge in [-0.3, -0.25) is 14.9 Å². The van der Waals surface area contributed by atoms with E-state index in [0.717, 1.165) is 0 Å². The van der Waals surface area contributed by atoms with Crippen LogP contribution in [0, 0.1) is 17.0 Å². The Morgan fingerprint density at radius 1 is 1.17 bits per heavy atom. The molecule has 0 saturated carbocycles. The third-order valence-corrected chi connectivity index (χ3v) is 3.40. The normalized spacial score (nSPS) is 10.1. The van der Waals surface area contributed by atoms with Gasteiger partial charge in [0.1, 0.15) is 0 Å². The fourth-order valence-electron chi connectivity index (χ4n) is 2.17. The molecule has 0 aliphatic carbocycles. The molecule has 0 heterocycles. The molecule has 24 heavy (non-hydrogen) atoms. The van der Waals surface area contributed by atoms with Crippen molar-refractivity contribution in [3.8, 4) is 0 Å². The molecule has 2 aromatic carbocycles. The summed E-state index contributed by atoms with van der Waals surface area (Å²) < 4.78 is 4.88. The van der Waals surface area contributed by atoms with Crippen LogP contribution in [0.15, 0.2) is 42.5 Å². The van der Waals surface area contributed by atoms with Crippen LogP contribution in [0.5, 0.6) is 0 Å². The van der Waals surface area contributed by atoms with E-state index >= 15 is 0 Å². The van der Waals surface area contributed by atoms with Gasteiger partial charge in [-0.2, -0.15) is 0 Å². The predicted molar refractivity (Wildman–Crippen MR) is 88.2 cm³/mol. The summed E-state index contributed by atoms with van der Waals surface area (Å²) in [6.07, 6.45) is 0. The lowest BCUT2D eigenvalue weighted by Gasteiger charge is -2.08. The third kappa shape index (κ3) is 3.75. The molecule has 2 rings (SSSR count). The van der Waals surface area contributed by atoms with E-state index in [1.165, 1.54) is 37.3 Å². The van der Waals surface area contributed by atoms with E-state index in [9.17, 15) is 19.7 Å². The molecular formula is C17H16N2O5. The molecule has 7 nitrogen and oxygen atoms in total. The monoisotopic (exact) mass is 328 g/mol. The fraction of sp³-hybridized carbons (Fsp3) is 0.176. The van der Waals surface area contributed by atoms with Gasteiger partial charge in [0.25, 0.3) is 11.6 Å². The molecule has 0 unspecified atom stereocenters. The van der Waals surface area contributed by atoms with Gasteiger partial charge in [-0.15, -0.1) is 0 Å². The molecule has 1 amide bonds. The Labute approximate surface area is 138 Å². The number of nitrogens with zero attached hydrogens (tertiary/aromatic N) is 1. The number of carbonyl (C=O) groups is 2. The largest absolute Gasteiger partial charge is 0.462 e. The van der Waals surface area contributed by atoms with Crippen LogP contribution in [0.1, 0.15) is 33.2 Å². The smallest absolute Gasteiger partial charge is 0.338 e. The van der Waals surface area contributed by atoms with Crippen LogP contribution >= 0.6 is 0 Å². The van der Waals surface area contributed by atoms with Crippen molar-refractivity contribution in [1.82, 2.24) is 0 Å². The molecule has 124 valence electrons. The molecule has 1 N–H and O–H groups in total. The molecular weight excluding hydrogens is 312 g/mol. The maximum absolute atomic E-state index is 12.3. The lowest BCUT2D eigenvalue weighted by Crippen LogP contribution is -2.14. The Balaban J connectivity index is 2.17. The number of hydrogen-bond acceptors (Lipinski definition) is 5. The van der Waals surface area contributed by atoms with E-state index < -0.39 is 16.8 Å². The number of benzene rings is 2. The maximum atomic E-state index is 12.3. The number of hydrogen-bond donors (Lipinski definition) is 1. The van der Waals surface area contributed by atoms with E-state index in [0.29, 0.717) is 16.8 Å². The molecule has 0 bridgehead atoms. The Kier molecular flexibility index (Phi) is 5.26. The SMILES string of the molecule is CCOC(=O)c1ccc(NC(=O)c2cccc([N+](=O)[O-])c2C)cc1. The Morgan fingerprint density at radius 2 is 1.83 bits per heavy atom. The van der Waals surface area contributed by atoms with Crippen molar-refractivity contribution < 1.29 is 19.2 Å². The van der Waals surface area contributed by atoms with Gasteiger partial charge in [0.15, 0.2) is 0 Å². The lowest BCUT2D eigenvalue weighted by atomic mass is 10.1. The number of amides is 1. The zero-order valence-electron chi connectivity index (χ0n) is 13.2. The van der Waals surface area contributed by atoms with Crippen LogP contribution < -0.4 is 5.32 Å². The van der Waals surface area contributed by atoms with E-state index in [1.54, 1.807) is 19.1 Å². The van der Waals surface area contributed by atoms with E-state index in [2.05, 4.69) is 5.32 Å². The third-order valence-electron chi connectivity index (χ3n) is 3.40. The van der Waals surface area contributed by atoms with Gasteiger partial charge < -0.3 is 10.1 Å². The highest BCUT2D eigenvalue weighted by atomic mass is 16.6. The van der Waals surface area contributed by atoms with Crippen molar-refractivity contribution in [2.24, 2.45) is 0 Å². The highest BCUT2D eigenvalue weighted by Gasteiger charge is 2.18. The van der Waals surface area contributed by atoms with E-state index in [-0.39, 0.29) is 17.9 Å². The molecule has 0 saturated heterocycles. The van der Waals surface area contributed by atoms with Crippen LogP contribution in [0.4, 0.5) is 11.4 Å². The van der Waals surface area contributed by atoms with Gasteiger partial charge in [0.05, 0.1) is 17.1 Å². The second-order valence-electron chi connectivity index (χ2n) is 4.96. The van der Waals surface area contributed by atoms with Gasteiger partial charge in [0.2, 0.25) is 0 Å². The van der Waals surface area contributed by atoms with Gasteiger partial charge in [0, 0.05) is 22.9 Å². The van der Waals surface area contributed by atoms with Gasteiger partial charge in [-0.1, -0.05) is 6.07 Å². The van der Waals surface area contributed by atoms with Crippen LogP contribution in [0.3, 0.4) is 0 Å². The van der Waals surface area contributed by atoms with E-state index in [4.69, 9.17) is 4.74 Å². The first-order valence-electron chi connectivity index (χ1n) is 7.26. The summed E-state index contributed by atoms with van der Waals surface area (Å²) in [4.78, 5) is 34.3. The molecule has 7 heteroatoms. The van der Waals surface area contributed by atoms with Crippen molar-refractivity contribution >= 4 is 23.3 Å². The van der Waals surface area contributed by atoms with Crippen molar-refractivity contribution in [2.75, 3.05) is 11.9 Å². The first-order chi connectivity index (χ1) is 11.4. The van der Waals surface area contributed by atoms with E-state index in [1.807, 2.05) is 0 Å². The summed E-state index contributed by atoms with van der Waals surface area (Å²) in [5.41, 5.74) is 1.25. The molecule has 2 aromatic rings. The number of nitro groups is 1. The molecule has 0 aromatic heterocycles. The molecule has 0 aliphatic heterocycles. The quantitative estimate of drug-likeness (QED) is 0.515. The maximum Gasteiger partial charge on any atom is 0.338 e. The summed E-state index contributed by atoms with van der Waals surface area (Å²) in [6, 6.07) is 10.5. The van der Waals surface area contributed by atoms with Crippen molar-refractivity contribution in [3.63, 3.8) is 0 Å². The zero-order valence-corrected chi connectivity index (χ0v) is 13.2. The Hall–Kier alpha value is -3.22. The topological polar surface area (TPSA) is 98.5 Å². The zero-order chi connectivity index (χ0) is 17.7. The first-order valence-corrected chi connectivity index (χ1v) is 7.26. The lowest BCUT2D eigenvalue weighted by molar-refractivity contribution is -0.385. The van der Waals surface area contributed by atoms with Crippen molar-refractivity contribution in [3.05, 3.63) is 69.3 Å². The molecule has 0 radical (unpaired) electrons. The van der Waals surface area contributed by atoms with Gasteiger partial charge >= 0.3 is 5.97 Å². The van der Waals surface area contributed by atoms with Crippen LogP contribution in [-0.4, -0.2) is 23.4 Å². The average Bonchev–Trinajstić information content (AvgIpc) is 2.55. The summed E-state index contributed by atoms with van der Waals surface area (Å²) >= 11 is 0. The first kappa shape index (κ1) is 17.1. The van der Waals surface area contributed by atoms with Crippen molar-refractivity contribution in [1.29, 1.82) is 0 Å². The minimum Gasteiger partial charge on any atom is -0.462 e. The number of rotatable bonds is 5. The summed E-state index contributed by atoms with van der Waals surface area (Å²) in [5, 5.41) is 13.6. The summed E-state index contributed by atoms with van der Waals surface area (Å²) in [5.74, 6) is -0.898. The number of anilines is 1. The molecule has 0 atom stereocenters. The molecule has 0 fully saturated rings. The van der Waals surface area contributed by atoms with Crippen LogP contribution in [-0.2, 0) is 4.74 Å². The van der Waals surface area contributed by atoms with Gasteiger partial charge in [-0.25, -0.2) is 4.79 Å². The molecule has 0 aliphatic rings. The number of ether oxygens (including phenoxy) is 1. The Morgan fingerprint density at radius 3 is 2.42 bits per heavy atom. The summed E-state index contributed by atoms with van der Waals surface area (Å²) in [7, 11) is 0. The van der Waals surface area contributed by atoms with Crippen LogP contribution in [0.2, 0.25) is 0 Å². The van der Waals surface area contributed by atoms with Crippen molar-refractivity contribution in [2.45, 2.75) is 13.8 Å². The predicted octanol–water partition coefficient (Wildman–Crippen LogP) is 3.33. The van der Waals surface area contributed by atoms with Crippen LogP contribution in [0.25, 0.3) is 0 Å². The number of carbonyl (C=O) groups excluding carboxylic acids is 2. The van der Waals surface area contributed by atoms with Gasteiger partial charge in [-0.05, 0) is 44.2 Å². The minimum absolute atomic E-state index is 0.111.